The average Bonchev–Trinajstić information content (AvgIpc) is 2.65. The molecular formula is C14H25ClN4. The van der Waals surface area contributed by atoms with Crippen LogP contribution in [0.25, 0.3) is 0 Å². The zero-order chi connectivity index (χ0) is 14.0. The molecule has 0 atom stereocenters. The minimum atomic E-state index is 0.262. The van der Waals surface area contributed by atoms with Crippen molar-refractivity contribution in [3.63, 3.8) is 0 Å². The van der Waals surface area contributed by atoms with Gasteiger partial charge in [-0.3, -0.25) is 9.58 Å². The molecule has 0 unspecified atom stereocenters. The van der Waals surface area contributed by atoms with Gasteiger partial charge in [0.15, 0.2) is 0 Å². The molecule has 1 saturated heterocycles. The summed E-state index contributed by atoms with van der Waals surface area (Å²) in [6.45, 7) is 10.6. The van der Waals surface area contributed by atoms with Gasteiger partial charge >= 0.3 is 0 Å². The van der Waals surface area contributed by atoms with E-state index in [0.29, 0.717) is 0 Å². The quantitative estimate of drug-likeness (QED) is 0.921. The molecule has 2 rings (SSSR count). The Kier molecular flexibility index (Phi) is 4.54. The Morgan fingerprint density at radius 1 is 1.37 bits per heavy atom. The number of halogens is 1. The van der Waals surface area contributed by atoms with Crippen molar-refractivity contribution in [2.45, 2.75) is 45.7 Å². The molecule has 0 amide bonds. The third-order valence-corrected chi connectivity index (χ3v) is 4.93. The molecular weight excluding hydrogens is 260 g/mol. The topological polar surface area (TPSA) is 33.1 Å². The van der Waals surface area contributed by atoms with E-state index in [9.17, 15) is 0 Å². The molecule has 1 aromatic heterocycles. The van der Waals surface area contributed by atoms with Crippen LogP contribution in [0.5, 0.6) is 0 Å². The van der Waals surface area contributed by atoms with Crippen LogP contribution in [0.3, 0.4) is 0 Å². The number of aryl methyl sites for hydroxylation is 2. The van der Waals surface area contributed by atoms with Gasteiger partial charge in [0.1, 0.15) is 0 Å². The Balaban J connectivity index is 2.11. The van der Waals surface area contributed by atoms with Crippen LogP contribution in [-0.2, 0) is 13.6 Å². The first kappa shape index (κ1) is 14.8. The fourth-order valence-corrected chi connectivity index (χ4v) is 3.18. The van der Waals surface area contributed by atoms with Gasteiger partial charge in [-0.1, -0.05) is 25.4 Å². The van der Waals surface area contributed by atoms with Crippen LogP contribution in [0.2, 0.25) is 5.02 Å². The Morgan fingerprint density at radius 2 is 2.05 bits per heavy atom. The van der Waals surface area contributed by atoms with Crippen molar-refractivity contribution in [3.8, 4) is 0 Å². The number of piperazine rings is 1. The predicted molar refractivity (Wildman–Crippen MR) is 79.5 cm³/mol. The highest BCUT2D eigenvalue weighted by atomic mass is 35.5. The molecule has 0 spiro atoms. The molecule has 1 N–H and O–H groups in total. The average molecular weight is 285 g/mol. The fraction of sp³-hybridized carbons (Fsp3) is 0.786. The molecule has 0 radical (unpaired) electrons. The summed E-state index contributed by atoms with van der Waals surface area (Å²) in [6, 6.07) is 0. The summed E-state index contributed by atoms with van der Waals surface area (Å²) in [7, 11) is 1.98. The highest BCUT2D eigenvalue weighted by molar-refractivity contribution is 6.31. The molecule has 0 aromatic carbocycles. The molecule has 1 aliphatic heterocycles. The van der Waals surface area contributed by atoms with Crippen molar-refractivity contribution in [3.05, 3.63) is 16.4 Å². The lowest BCUT2D eigenvalue weighted by Gasteiger charge is -2.43. The van der Waals surface area contributed by atoms with Crippen LogP contribution >= 0.6 is 11.6 Å². The summed E-state index contributed by atoms with van der Waals surface area (Å²) >= 11 is 6.35. The van der Waals surface area contributed by atoms with Gasteiger partial charge in [0.25, 0.3) is 0 Å². The fourth-order valence-electron chi connectivity index (χ4n) is 2.96. The highest BCUT2D eigenvalue weighted by Gasteiger charge is 2.32. The standard InChI is InChI=1S/C14H25ClN4/c1-5-14(6-2)10-19(8-7-16-14)9-12-13(15)11(3)17-18(12)4/h16H,5-10H2,1-4H3. The minimum absolute atomic E-state index is 0.262. The maximum atomic E-state index is 6.35. The summed E-state index contributed by atoms with van der Waals surface area (Å²) in [5.74, 6) is 0. The molecule has 5 heteroatoms. The maximum absolute atomic E-state index is 6.35. The zero-order valence-corrected chi connectivity index (χ0v) is 13.2. The van der Waals surface area contributed by atoms with Crippen molar-refractivity contribution in [1.29, 1.82) is 0 Å². The van der Waals surface area contributed by atoms with E-state index in [0.717, 1.165) is 55.4 Å². The van der Waals surface area contributed by atoms with Gasteiger partial charge in [0.2, 0.25) is 0 Å². The zero-order valence-electron chi connectivity index (χ0n) is 12.5. The van der Waals surface area contributed by atoms with Crippen LogP contribution < -0.4 is 5.32 Å². The van der Waals surface area contributed by atoms with Gasteiger partial charge in [0, 0.05) is 38.8 Å². The molecule has 0 aliphatic carbocycles. The van der Waals surface area contributed by atoms with E-state index in [2.05, 4.69) is 29.2 Å². The highest BCUT2D eigenvalue weighted by Crippen LogP contribution is 2.24. The van der Waals surface area contributed by atoms with Gasteiger partial charge in [-0.25, -0.2) is 0 Å². The Morgan fingerprint density at radius 3 is 2.58 bits per heavy atom. The second-order valence-electron chi connectivity index (χ2n) is 5.59. The van der Waals surface area contributed by atoms with Crippen molar-refractivity contribution in [2.24, 2.45) is 7.05 Å². The Labute approximate surface area is 121 Å². The lowest BCUT2D eigenvalue weighted by molar-refractivity contribution is 0.116. The van der Waals surface area contributed by atoms with Crippen LogP contribution in [-0.4, -0.2) is 39.9 Å². The number of hydrogen-bond donors (Lipinski definition) is 1. The van der Waals surface area contributed by atoms with Crippen LogP contribution in [0.1, 0.15) is 38.1 Å². The monoisotopic (exact) mass is 284 g/mol. The summed E-state index contributed by atoms with van der Waals surface area (Å²) in [5.41, 5.74) is 2.31. The van der Waals surface area contributed by atoms with E-state index in [1.165, 1.54) is 0 Å². The largest absolute Gasteiger partial charge is 0.309 e. The number of nitrogens with one attached hydrogen (secondary N) is 1. The second kappa shape index (κ2) is 5.81. The molecule has 1 aliphatic rings. The smallest absolute Gasteiger partial charge is 0.0860 e. The van der Waals surface area contributed by atoms with Gasteiger partial charge in [-0.2, -0.15) is 5.10 Å². The first-order chi connectivity index (χ1) is 9.01. The van der Waals surface area contributed by atoms with E-state index < -0.39 is 0 Å². The normalized spacial score (nSPS) is 19.8. The third kappa shape index (κ3) is 2.96. The minimum Gasteiger partial charge on any atom is -0.309 e. The molecule has 2 heterocycles. The van der Waals surface area contributed by atoms with Gasteiger partial charge in [-0.05, 0) is 19.8 Å². The van der Waals surface area contributed by atoms with Crippen molar-refractivity contribution >= 4 is 11.6 Å². The van der Waals surface area contributed by atoms with E-state index in [-0.39, 0.29) is 5.54 Å². The predicted octanol–water partition coefficient (Wildman–Crippen LogP) is 2.35. The van der Waals surface area contributed by atoms with E-state index in [1.54, 1.807) is 0 Å². The molecule has 4 nitrogen and oxygen atoms in total. The Bertz CT molecular complexity index is 437. The molecule has 19 heavy (non-hydrogen) atoms. The van der Waals surface area contributed by atoms with E-state index in [4.69, 9.17) is 11.6 Å². The van der Waals surface area contributed by atoms with Crippen molar-refractivity contribution < 1.29 is 0 Å². The number of rotatable bonds is 4. The summed E-state index contributed by atoms with van der Waals surface area (Å²) in [4.78, 5) is 2.49. The van der Waals surface area contributed by atoms with Gasteiger partial charge in [0.05, 0.1) is 16.4 Å². The summed E-state index contributed by atoms with van der Waals surface area (Å²) < 4.78 is 1.92. The molecule has 0 saturated carbocycles. The van der Waals surface area contributed by atoms with Crippen molar-refractivity contribution in [1.82, 2.24) is 20.0 Å². The van der Waals surface area contributed by atoms with Crippen LogP contribution in [0.4, 0.5) is 0 Å². The Hall–Kier alpha value is -0.580. The molecule has 1 fully saturated rings. The van der Waals surface area contributed by atoms with Crippen LogP contribution in [0, 0.1) is 6.92 Å². The first-order valence-corrected chi connectivity index (χ1v) is 7.54. The van der Waals surface area contributed by atoms with Crippen molar-refractivity contribution in [2.75, 3.05) is 19.6 Å². The lowest BCUT2D eigenvalue weighted by atomic mass is 9.90. The van der Waals surface area contributed by atoms with Gasteiger partial charge in [-0.15, -0.1) is 0 Å². The number of aromatic nitrogens is 2. The first-order valence-electron chi connectivity index (χ1n) is 7.16. The number of nitrogens with zero attached hydrogens (tertiary/aromatic N) is 3. The second-order valence-corrected chi connectivity index (χ2v) is 5.97. The summed E-state index contributed by atoms with van der Waals surface area (Å²) in [5, 5.41) is 8.90. The number of hydrogen-bond acceptors (Lipinski definition) is 3. The molecule has 1 aromatic rings. The van der Waals surface area contributed by atoms with E-state index in [1.807, 2.05) is 18.7 Å². The third-order valence-electron chi connectivity index (χ3n) is 4.44. The SMILES string of the molecule is CCC1(CC)CN(Cc2c(Cl)c(C)nn2C)CCN1. The van der Waals surface area contributed by atoms with Crippen LogP contribution in [0.15, 0.2) is 0 Å². The van der Waals surface area contributed by atoms with Gasteiger partial charge < -0.3 is 5.32 Å². The lowest BCUT2D eigenvalue weighted by Crippen LogP contribution is -2.59. The summed E-state index contributed by atoms with van der Waals surface area (Å²) in [6.07, 6.45) is 2.33. The van der Waals surface area contributed by atoms with E-state index >= 15 is 0 Å². The molecule has 0 bridgehead atoms. The maximum Gasteiger partial charge on any atom is 0.0860 e. The molecule has 108 valence electrons.